The average Bonchev–Trinajstić information content (AvgIpc) is 3.09. The fourth-order valence-corrected chi connectivity index (χ4v) is 3.02. The smallest absolute Gasteiger partial charge is 0.0913 e. The van der Waals surface area contributed by atoms with Crippen LogP contribution in [-0.2, 0) is 0 Å². The summed E-state index contributed by atoms with van der Waals surface area (Å²) >= 11 is 0. The van der Waals surface area contributed by atoms with E-state index in [9.17, 15) is 0 Å². The topological polar surface area (TPSA) is 18.5 Å². The van der Waals surface area contributed by atoms with Crippen molar-refractivity contribution in [2.75, 3.05) is 16.6 Å². The van der Waals surface area contributed by atoms with E-state index in [0.717, 1.165) is 6.54 Å². The summed E-state index contributed by atoms with van der Waals surface area (Å²) in [7, 11) is 0. The maximum absolute atomic E-state index is 3.54. The molecule has 0 saturated carbocycles. The zero-order valence-corrected chi connectivity index (χ0v) is 12.8. The van der Waals surface area contributed by atoms with Crippen LogP contribution in [-0.4, -0.2) is 6.54 Å². The molecule has 0 bridgehead atoms. The molecular formula is C20H19N3. The van der Waals surface area contributed by atoms with Crippen LogP contribution < -0.4 is 15.6 Å². The van der Waals surface area contributed by atoms with Gasteiger partial charge in [0.05, 0.1) is 24.0 Å². The number of anilines is 2. The number of nitrogens with zero attached hydrogens (tertiary/aromatic N) is 2. The van der Waals surface area contributed by atoms with Crippen molar-refractivity contribution in [3.63, 3.8) is 0 Å². The predicted octanol–water partition coefficient (Wildman–Crippen LogP) is 4.17. The number of para-hydroxylation sites is 2. The first-order chi connectivity index (χ1) is 11.4. The lowest BCUT2D eigenvalue weighted by Gasteiger charge is -2.25. The van der Waals surface area contributed by atoms with Gasteiger partial charge >= 0.3 is 0 Å². The molecule has 1 aliphatic rings. The Balaban J connectivity index is 1.70. The van der Waals surface area contributed by atoms with Gasteiger partial charge in [0.2, 0.25) is 0 Å². The highest BCUT2D eigenvalue weighted by atomic mass is 15.8. The molecule has 0 amide bonds. The second-order valence-corrected chi connectivity index (χ2v) is 5.68. The SMILES string of the molecule is c1ccc(C2CN(c3ccccc3)NN2c2ccccc2)cc1. The van der Waals surface area contributed by atoms with Gasteiger partial charge in [0.1, 0.15) is 0 Å². The zero-order chi connectivity index (χ0) is 15.5. The summed E-state index contributed by atoms with van der Waals surface area (Å²) in [4.78, 5) is 0. The van der Waals surface area contributed by atoms with Crippen molar-refractivity contribution in [2.45, 2.75) is 6.04 Å². The molecule has 23 heavy (non-hydrogen) atoms. The van der Waals surface area contributed by atoms with Crippen molar-refractivity contribution in [3.05, 3.63) is 96.6 Å². The molecule has 0 spiro atoms. The molecule has 114 valence electrons. The molecule has 0 aromatic heterocycles. The summed E-state index contributed by atoms with van der Waals surface area (Å²) in [5.41, 5.74) is 7.19. The minimum absolute atomic E-state index is 0.263. The number of rotatable bonds is 3. The summed E-state index contributed by atoms with van der Waals surface area (Å²) in [5, 5.41) is 4.44. The number of hydrogen-bond donors (Lipinski definition) is 1. The van der Waals surface area contributed by atoms with Gasteiger partial charge in [-0.05, 0) is 29.8 Å². The number of benzene rings is 3. The van der Waals surface area contributed by atoms with Gasteiger partial charge in [0, 0.05) is 0 Å². The van der Waals surface area contributed by atoms with Crippen LogP contribution in [0.1, 0.15) is 11.6 Å². The van der Waals surface area contributed by atoms with Gasteiger partial charge in [-0.25, -0.2) is 0 Å². The van der Waals surface area contributed by atoms with Gasteiger partial charge < -0.3 is 0 Å². The lowest BCUT2D eigenvalue weighted by Crippen LogP contribution is -2.40. The Morgan fingerprint density at radius 1 is 0.652 bits per heavy atom. The van der Waals surface area contributed by atoms with E-state index < -0.39 is 0 Å². The van der Waals surface area contributed by atoms with E-state index in [1.165, 1.54) is 16.9 Å². The second kappa shape index (κ2) is 6.15. The predicted molar refractivity (Wildman–Crippen MR) is 95.0 cm³/mol. The first-order valence-corrected chi connectivity index (χ1v) is 7.90. The normalized spacial score (nSPS) is 17.5. The standard InChI is InChI=1S/C20H19N3/c1-4-10-17(11-5-1)20-16-22(18-12-6-2-7-13-18)21-23(20)19-14-8-3-9-15-19/h1-15,20-21H,16H2. The van der Waals surface area contributed by atoms with Gasteiger partial charge in [0.15, 0.2) is 0 Å². The quantitative estimate of drug-likeness (QED) is 0.783. The lowest BCUT2D eigenvalue weighted by molar-refractivity contribution is 0.685. The van der Waals surface area contributed by atoms with Gasteiger partial charge in [-0.2, -0.15) is 0 Å². The van der Waals surface area contributed by atoms with E-state index in [0.29, 0.717) is 0 Å². The molecule has 1 atom stereocenters. The van der Waals surface area contributed by atoms with Crippen molar-refractivity contribution in [1.82, 2.24) is 5.53 Å². The molecule has 3 nitrogen and oxygen atoms in total. The van der Waals surface area contributed by atoms with E-state index in [-0.39, 0.29) is 6.04 Å². The molecule has 1 aliphatic heterocycles. The monoisotopic (exact) mass is 301 g/mol. The maximum atomic E-state index is 3.54. The van der Waals surface area contributed by atoms with Crippen LogP contribution in [0, 0.1) is 0 Å². The van der Waals surface area contributed by atoms with Crippen molar-refractivity contribution in [2.24, 2.45) is 0 Å². The van der Waals surface area contributed by atoms with Gasteiger partial charge in [0.25, 0.3) is 0 Å². The van der Waals surface area contributed by atoms with Crippen molar-refractivity contribution in [1.29, 1.82) is 0 Å². The van der Waals surface area contributed by atoms with Crippen LogP contribution in [0.15, 0.2) is 91.0 Å². The van der Waals surface area contributed by atoms with E-state index >= 15 is 0 Å². The minimum atomic E-state index is 0.263. The van der Waals surface area contributed by atoms with Crippen LogP contribution in [0.2, 0.25) is 0 Å². The molecule has 3 aromatic rings. The van der Waals surface area contributed by atoms with Crippen LogP contribution in [0.4, 0.5) is 11.4 Å². The van der Waals surface area contributed by atoms with Crippen LogP contribution in [0.25, 0.3) is 0 Å². The molecule has 0 radical (unpaired) electrons. The van der Waals surface area contributed by atoms with E-state index in [4.69, 9.17) is 0 Å². The molecule has 1 N–H and O–H groups in total. The largest absolute Gasteiger partial charge is 0.288 e. The summed E-state index contributed by atoms with van der Waals surface area (Å²) in [6.45, 7) is 0.892. The van der Waals surface area contributed by atoms with Crippen LogP contribution in [0.5, 0.6) is 0 Å². The molecule has 1 unspecified atom stereocenters. The Morgan fingerprint density at radius 2 is 1.17 bits per heavy atom. The van der Waals surface area contributed by atoms with Gasteiger partial charge in [-0.1, -0.05) is 66.7 Å². The summed E-state index contributed by atoms with van der Waals surface area (Å²) in [6.07, 6.45) is 0. The number of nitrogens with one attached hydrogen (secondary N) is 1. The Morgan fingerprint density at radius 3 is 1.78 bits per heavy atom. The molecule has 1 fully saturated rings. The third-order valence-electron chi connectivity index (χ3n) is 4.18. The van der Waals surface area contributed by atoms with Crippen LogP contribution in [0.3, 0.4) is 0 Å². The highest BCUT2D eigenvalue weighted by Crippen LogP contribution is 2.32. The number of hydrazine groups is 2. The minimum Gasteiger partial charge on any atom is -0.288 e. The maximum Gasteiger partial charge on any atom is 0.0913 e. The van der Waals surface area contributed by atoms with Gasteiger partial charge in [-0.3, -0.25) is 10.0 Å². The lowest BCUT2D eigenvalue weighted by atomic mass is 10.1. The van der Waals surface area contributed by atoms with Gasteiger partial charge in [-0.15, -0.1) is 5.53 Å². The first kappa shape index (κ1) is 13.9. The van der Waals surface area contributed by atoms with Crippen LogP contribution >= 0.6 is 0 Å². The molecule has 3 heteroatoms. The fraction of sp³-hybridized carbons (Fsp3) is 0.100. The Labute approximate surface area is 136 Å². The molecular weight excluding hydrogens is 282 g/mol. The van der Waals surface area contributed by atoms with Crippen molar-refractivity contribution >= 4 is 11.4 Å². The molecule has 0 aliphatic carbocycles. The van der Waals surface area contributed by atoms with Crippen molar-refractivity contribution < 1.29 is 0 Å². The summed E-state index contributed by atoms with van der Waals surface area (Å²) in [5.74, 6) is 0. The Kier molecular flexibility index (Phi) is 3.70. The summed E-state index contributed by atoms with van der Waals surface area (Å²) < 4.78 is 0. The third-order valence-corrected chi connectivity index (χ3v) is 4.18. The molecule has 1 heterocycles. The third kappa shape index (κ3) is 2.79. The fourth-order valence-electron chi connectivity index (χ4n) is 3.02. The molecule has 3 aromatic carbocycles. The molecule has 4 rings (SSSR count). The highest BCUT2D eigenvalue weighted by molar-refractivity contribution is 5.54. The van der Waals surface area contributed by atoms with E-state index in [1.54, 1.807) is 0 Å². The number of hydrogen-bond acceptors (Lipinski definition) is 3. The molecule has 1 saturated heterocycles. The first-order valence-electron chi connectivity index (χ1n) is 7.90. The Hall–Kier alpha value is -2.78. The average molecular weight is 301 g/mol. The van der Waals surface area contributed by atoms with Crippen molar-refractivity contribution in [3.8, 4) is 0 Å². The summed E-state index contributed by atoms with van der Waals surface area (Å²) in [6, 6.07) is 31.8. The second-order valence-electron chi connectivity index (χ2n) is 5.68. The highest BCUT2D eigenvalue weighted by Gasteiger charge is 2.31. The zero-order valence-electron chi connectivity index (χ0n) is 12.8. The Bertz CT molecular complexity index is 696. The van der Waals surface area contributed by atoms with E-state index in [1.807, 2.05) is 12.1 Å². The van der Waals surface area contributed by atoms with E-state index in [2.05, 4.69) is 94.4 Å².